The van der Waals surface area contributed by atoms with E-state index in [0.717, 1.165) is 30.6 Å². The van der Waals surface area contributed by atoms with Crippen molar-refractivity contribution in [3.63, 3.8) is 0 Å². The van der Waals surface area contributed by atoms with E-state index in [1.807, 2.05) is 51.1 Å². The number of fused-ring (bicyclic) bond motifs is 1. The van der Waals surface area contributed by atoms with Crippen molar-refractivity contribution in [1.82, 2.24) is 9.88 Å². The quantitative estimate of drug-likeness (QED) is 0.151. The molecule has 5 rings (SSSR count). The Labute approximate surface area is 264 Å². The third kappa shape index (κ3) is 7.57. The van der Waals surface area contributed by atoms with Crippen molar-refractivity contribution in [2.45, 2.75) is 51.9 Å². The van der Waals surface area contributed by atoms with Gasteiger partial charge in [0.05, 0.1) is 24.8 Å². The van der Waals surface area contributed by atoms with E-state index in [1.54, 1.807) is 42.6 Å². The monoisotopic (exact) mass is 607 g/mol. The first-order valence-electron chi connectivity index (χ1n) is 15.5. The average molecular weight is 608 g/mol. The second-order valence-electron chi connectivity index (χ2n) is 12.5. The Bertz CT molecular complexity index is 1690. The van der Waals surface area contributed by atoms with E-state index < -0.39 is 11.7 Å². The van der Waals surface area contributed by atoms with Crippen LogP contribution in [0.25, 0.3) is 10.8 Å². The number of likely N-dealkylation sites (tertiary alicyclic amines) is 1. The summed E-state index contributed by atoms with van der Waals surface area (Å²) < 4.78 is 11.8. The number of benzene rings is 3. The summed E-state index contributed by atoms with van der Waals surface area (Å²) in [5.41, 5.74) is 1.92. The highest BCUT2D eigenvalue weighted by molar-refractivity contribution is 6.48. The molecule has 0 spiro atoms. The van der Waals surface area contributed by atoms with Crippen LogP contribution in [0.1, 0.15) is 72.0 Å². The number of nitrogens with one attached hydrogen (secondary N) is 1. The van der Waals surface area contributed by atoms with Crippen molar-refractivity contribution >= 4 is 33.9 Å². The molecule has 1 aliphatic heterocycles. The molecule has 0 bridgehead atoms. The number of piperidine rings is 1. The van der Waals surface area contributed by atoms with Crippen LogP contribution in [0.15, 0.2) is 72.9 Å². The number of aromatic nitrogens is 1. The van der Waals surface area contributed by atoms with Crippen LogP contribution in [-0.4, -0.2) is 60.7 Å². The molecule has 0 saturated carbocycles. The zero-order valence-electron chi connectivity index (χ0n) is 26.5. The number of ether oxygens (including phenoxy) is 2. The Hall–Kier alpha value is -4.56. The number of amides is 1. The fraction of sp³-hybridized carbons (Fsp3) is 0.351. The van der Waals surface area contributed by atoms with Gasteiger partial charge in [-0.25, -0.2) is 0 Å². The lowest BCUT2D eigenvalue weighted by atomic mass is 9.84. The van der Waals surface area contributed by atoms with Crippen molar-refractivity contribution in [3.8, 4) is 11.5 Å². The molecule has 2 heterocycles. The smallest absolute Gasteiger partial charge is 0.296 e. The summed E-state index contributed by atoms with van der Waals surface area (Å²) in [6, 6.07) is 19.8. The predicted molar refractivity (Wildman–Crippen MR) is 177 cm³/mol. The van der Waals surface area contributed by atoms with Crippen LogP contribution in [0.4, 0.5) is 5.69 Å². The van der Waals surface area contributed by atoms with E-state index in [4.69, 9.17) is 9.47 Å². The fourth-order valence-electron chi connectivity index (χ4n) is 5.71. The Morgan fingerprint density at radius 1 is 0.889 bits per heavy atom. The summed E-state index contributed by atoms with van der Waals surface area (Å²) in [5.74, 6) is -0.857. The maximum atomic E-state index is 13.7. The number of anilines is 1. The van der Waals surface area contributed by atoms with Gasteiger partial charge in [-0.1, -0.05) is 57.5 Å². The minimum absolute atomic E-state index is 0.0650. The molecular formula is C37H41N3O5. The lowest BCUT2D eigenvalue weighted by molar-refractivity contribution is -0.112. The number of nitrogens with zero attached hydrogens (tertiary/aromatic N) is 2. The predicted octanol–water partition coefficient (Wildman–Crippen LogP) is 6.65. The normalized spacial score (nSPS) is 13.8. The fourth-order valence-corrected chi connectivity index (χ4v) is 5.71. The number of rotatable bonds is 11. The van der Waals surface area contributed by atoms with Gasteiger partial charge in [-0.2, -0.15) is 0 Å². The topological polar surface area (TPSA) is 97.8 Å². The molecule has 0 atom stereocenters. The SMILES string of the molecule is COc1c(NC(=O)C(=O)c2ccc(OCCN3CCCCC3)c3ccccc23)cc(C(C)(C)C)cc1C(=O)Cc1ccccn1. The van der Waals surface area contributed by atoms with Gasteiger partial charge in [-0.3, -0.25) is 24.3 Å². The zero-order chi connectivity index (χ0) is 32.0. The molecule has 45 heavy (non-hydrogen) atoms. The van der Waals surface area contributed by atoms with Crippen molar-refractivity contribution < 1.29 is 23.9 Å². The van der Waals surface area contributed by atoms with Crippen LogP contribution in [0.5, 0.6) is 11.5 Å². The van der Waals surface area contributed by atoms with E-state index in [-0.39, 0.29) is 34.6 Å². The number of hydrogen-bond acceptors (Lipinski definition) is 7. The van der Waals surface area contributed by atoms with Gasteiger partial charge in [-0.15, -0.1) is 0 Å². The van der Waals surface area contributed by atoms with Crippen molar-refractivity contribution in [1.29, 1.82) is 0 Å². The molecule has 1 fully saturated rings. The number of ketones is 2. The number of methoxy groups -OCH3 is 1. The van der Waals surface area contributed by atoms with Gasteiger partial charge < -0.3 is 14.8 Å². The van der Waals surface area contributed by atoms with E-state index >= 15 is 0 Å². The second-order valence-corrected chi connectivity index (χ2v) is 12.5. The minimum Gasteiger partial charge on any atom is -0.494 e. The van der Waals surface area contributed by atoms with Crippen molar-refractivity contribution in [2.75, 3.05) is 38.7 Å². The first kappa shape index (κ1) is 31.9. The molecule has 0 radical (unpaired) electrons. The van der Waals surface area contributed by atoms with Gasteiger partial charge >= 0.3 is 0 Å². The molecule has 1 amide bonds. The van der Waals surface area contributed by atoms with Gasteiger partial charge in [0.15, 0.2) is 11.5 Å². The molecule has 3 aromatic carbocycles. The first-order valence-corrected chi connectivity index (χ1v) is 15.5. The summed E-state index contributed by atoms with van der Waals surface area (Å²) in [7, 11) is 1.44. The highest BCUT2D eigenvalue weighted by Crippen LogP contribution is 2.36. The van der Waals surface area contributed by atoms with Gasteiger partial charge in [0.25, 0.3) is 11.7 Å². The average Bonchev–Trinajstić information content (AvgIpc) is 3.04. The van der Waals surface area contributed by atoms with Gasteiger partial charge in [0.2, 0.25) is 0 Å². The van der Waals surface area contributed by atoms with Gasteiger partial charge in [0.1, 0.15) is 12.4 Å². The maximum Gasteiger partial charge on any atom is 0.296 e. The molecule has 0 aliphatic carbocycles. The van der Waals surface area contributed by atoms with Crippen LogP contribution < -0.4 is 14.8 Å². The molecule has 234 valence electrons. The molecule has 1 N–H and O–H groups in total. The molecule has 8 heteroatoms. The summed E-state index contributed by atoms with van der Waals surface area (Å²) in [5, 5.41) is 4.17. The molecule has 1 saturated heterocycles. The third-order valence-electron chi connectivity index (χ3n) is 8.22. The molecule has 1 aromatic heterocycles. The number of Topliss-reactive ketones (excluding diaryl/α,β-unsaturated/α-hetero) is 2. The Morgan fingerprint density at radius 3 is 2.31 bits per heavy atom. The first-order chi connectivity index (χ1) is 21.7. The van der Waals surface area contributed by atoms with Gasteiger partial charge in [0, 0.05) is 29.4 Å². The van der Waals surface area contributed by atoms with E-state index in [2.05, 4.69) is 15.2 Å². The van der Waals surface area contributed by atoms with E-state index in [1.165, 1.54) is 26.4 Å². The minimum atomic E-state index is -0.827. The Morgan fingerprint density at radius 2 is 1.62 bits per heavy atom. The summed E-state index contributed by atoms with van der Waals surface area (Å²) >= 11 is 0. The molecular weight excluding hydrogens is 566 g/mol. The van der Waals surface area contributed by atoms with Crippen LogP contribution in [-0.2, 0) is 16.6 Å². The molecule has 1 aliphatic rings. The van der Waals surface area contributed by atoms with Crippen LogP contribution in [0, 0.1) is 0 Å². The molecule has 4 aromatic rings. The number of hydrogen-bond donors (Lipinski definition) is 1. The molecule has 8 nitrogen and oxygen atoms in total. The number of carbonyl (C=O) groups excluding carboxylic acids is 3. The molecule has 0 unspecified atom stereocenters. The van der Waals surface area contributed by atoms with Crippen molar-refractivity contribution in [2.24, 2.45) is 0 Å². The Balaban J connectivity index is 1.40. The summed E-state index contributed by atoms with van der Waals surface area (Å²) in [4.78, 5) is 47.4. The van der Waals surface area contributed by atoms with E-state index in [9.17, 15) is 14.4 Å². The van der Waals surface area contributed by atoms with Gasteiger partial charge in [-0.05, 0) is 78.7 Å². The van der Waals surface area contributed by atoms with Crippen LogP contribution in [0.2, 0.25) is 0 Å². The Kier molecular flexibility index (Phi) is 9.93. The van der Waals surface area contributed by atoms with E-state index in [0.29, 0.717) is 29.0 Å². The lowest BCUT2D eigenvalue weighted by Crippen LogP contribution is -2.33. The summed E-state index contributed by atoms with van der Waals surface area (Å²) in [6.07, 6.45) is 5.43. The van der Waals surface area contributed by atoms with Crippen molar-refractivity contribution in [3.05, 3.63) is 95.3 Å². The lowest BCUT2D eigenvalue weighted by Gasteiger charge is -2.26. The number of pyridine rings is 1. The highest BCUT2D eigenvalue weighted by atomic mass is 16.5. The number of carbonyl (C=O) groups is 3. The second kappa shape index (κ2) is 14.0. The van der Waals surface area contributed by atoms with Crippen LogP contribution in [0.3, 0.4) is 0 Å². The zero-order valence-corrected chi connectivity index (χ0v) is 26.5. The largest absolute Gasteiger partial charge is 0.494 e. The third-order valence-corrected chi connectivity index (χ3v) is 8.22. The maximum absolute atomic E-state index is 13.7. The highest BCUT2D eigenvalue weighted by Gasteiger charge is 2.27. The van der Waals surface area contributed by atoms with Crippen LogP contribution >= 0.6 is 0 Å². The summed E-state index contributed by atoms with van der Waals surface area (Å²) in [6.45, 7) is 9.62. The standard InChI is InChI=1S/C37H41N3O5/c1-37(2,3)25-22-30(32(41)24-26-12-8-9-17-38-26)35(44-4)31(23-25)39-36(43)34(42)29-15-16-33(28-14-7-6-13-27(28)29)45-21-20-40-18-10-5-11-19-40/h6-9,12-17,22-23H,5,10-11,18-21,24H2,1-4H3,(H,39,43).